The molecule has 0 aliphatic carbocycles. The van der Waals surface area contributed by atoms with Gasteiger partial charge in [-0.3, -0.25) is 4.40 Å². The van der Waals surface area contributed by atoms with Crippen molar-refractivity contribution in [3.05, 3.63) is 54.4 Å². The molecule has 3 nitrogen and oxygen atoms in total. The Morgan fingerprint density at radius 3 is 2.78 bits per heavy atom. The van der Waals surface area contributed by atoms with Crippen LogP contribution in [0.4, 0.5) is 0 Å². The highest BCUT2D eigenvalue weighted by atomic mass is 16.5. The van der Waals surface area contributed by atoms with E-state index in [4.69, 9.17) is 4.74 Å². The molecule has 0 aliphatic rings. The van der Waals surface area contributed by atoms with Crippen LogP contribution < -0.4 is 4.74 Å². The summed E-state index contributed by atoms with van der Waals surface area (Å²) >= 11 is 0. The van der Waals surface area contributed by atoms with Gasteiger partial charge in [0.2, 0.25) is 0 Å². The maximum Gasteiger partial charge on any atom is 0.144 e. The highest BCUT2D eigenvalue weighted by molar-refractivity contribution is 5.66. The summed E-state index contributed by atoms with van der Waals surface area (Å²) in [5.74, 6) is 1.81. The van der Waals surface area contributed by atoms with Crippen LogP contribution in [0.1, 0.15) is 5.56 Å². The number of aromatic nitrogens is 2. The van der Waals surface area contributed by atoms with E-state index in [1.54, 1.807) is 7.11 Å². The van der Waals surface area contributed by atoms with E-state index in [1.807, 2.05) is 36.7 Å². The molecule has 1 aromatic carbocycles. The number of aryl methyl sites for hydroxylation is 1. The molecule has 90 valence electrons. The first kappa shape index (κ1) is 10.8. The fourth-order valence-electron chi connectivity index (χ4n) is 2.13. The minimum atomic E-state index is 0.846. The smallest absolute Gasteiger partial charge is 0.144 e. The molecule has 3 heteroatoms. The monoisotopic (exact) mass is 238 g/mol. The predicted molar refractivity (Wildman–Crippen MR) is 71.9 cm³/mol. The fraction of sp³-hybridized carbons (Fsp3) is 0.133. The second-order valence-corrected chi connectivity index (χ2v) is 4.26. The Kier molecular flexibility index (Phi) is 2.52. The number of rotatable bonds is 2. The molecule has 0 atom stereocenters. The van der Waals surface area contributed by atoms with Crippen molar-refractivity contribution in [2.24, 2.45) is 0 Å². The van der Waals surface area contributed by atoms with Gasteiger partial charge in [0, 0.05) is 17.8 Å². The van der Waals surface area contributed by atoms with Crippen molar-refractivity contribution in [1.29, 1.82) is 0 Å². The van der Waals surface area contributed by atoms with Gasteiger partial charge in [0.25, 0.3) is 0 Å². The van der Waals surface area contributed by atoms with Crippen molar-refractivity contribution >= 4 is 5.52 Å². The summed E-state index contributed by atoms with van der Waals surface area (Å²) in [5, 5.41) is 0. The third-order valence-electron chi connectivity index (χ3n) is 3.13. The second kappa shape index (κ2) is 4.18. The first-order valence-electron chi connectivity index (χ1n) is 5.86. The number of pyridine rings is 1. The van der Waals surface area contributed by atoms with Gasteiger partial charge in [0.1, 0.15) is 11.6 Å². The number of ether oxygens (including phenoxy) is 1. The van der Waals surface area contributed by atoms with Crippen LogP contribution in [-0.4, -0.2) is 16.5 Å². The molecule has 0 fully saturated rings. The van der Waals surface area contributed by atoms with Gasteiger partial charge in [-0.2, -0.15) is 0 Å². The molecule has 0 saturated heterocycles. The van der Waals surface area contributed by atoms with Crippen molar-refractivity contribution in [2.45, 2.75) is 6.92 Å². The maximum atomic E-state index is 5.22. The van der Waals surface area contributed by atoms with E-state index in [2.05, 4.69) is 28.4 Å². The van der Waals surface area contributed by atoms with Crippen molar-refractivity contribution in [1.82, 2.24) is 9.38 Å². The molecule has 0 amide bonds. The Labute approximate surface area is 106 Å². The lowest BCUT2D eigenvalue weighted by Gasteiger charge is -2.05. The van der Waals surface area contributed by atoms with Crippen LogP contribution in [0.3, 0.4) is 0 Å². The molecular formula is C15H14N2O. The SMILES string of the molecule is COc1ccn2c(-c3ccccc3C)ncc2c1. The zero-order chi connectivity index (χ0) is 12.5. The van der Waals surface area contributed by atoms with E-state index >= 15 is 0 Å². The zero-order valence-corrected chi connectivity index (χ0v) is 10.4. The molecule has 0 radical (unpaired) electrons. The summed E-state index contributed by atoms with van der Waals surface area (Å²) in [6.07, 6.45) is 3.85. The van der Waals surface area contributed by atoms with Crippen molar-refractivity contribution in [2.75, 3.05) is 7.11 Å². The van der Waals surface area contributed by atoms with Gasteiger partial charge in [-0.1, -0.05) is 24.3 Å². The average Bonchev–Trinajstić information content (AvgIpc) is 2.82. The Balaban J connectivity index is 2.22. The molecule has 0 spiro atoms. The van der Waals surface area contributed by atoms with Crippen LogP contribution in [0.2, 0.25) is 0 Å². The van der Waals surface area contributed by atoms with E-state index in [1.165, 1.54) is 5.56 Å². The van der Waals surface area contributed by atoms with Crippen LogP contribution in [0.25, 0.3) is 16.9 Å². The average molecular weight is 238 g/mol. The molecule has 0 aliphatic heterocycles. The lowest BCUT2D eigenvalue weighted by molar-refractivity contribution is 0.414. The minimum absolute atomic E-state index is 0.846. The first-order valence-corrected chi connectivity index (χ1v) is 5.86. The third-order valence-corrected chi connectivity index (χ3v) is 3.13. The second-order valence-electron chi connectivity index (χ2n) is 4.26. The maximum absolute atomic E-state index is 5.22. The number of methoxy groups -OCH3 is 1. The third kappa shape index (κ3) is 1.64. The summed E-state index contributed by atoms with van der Waals surface area (Å²) in [6.45, 7) is 2.10. The minimum Gasteiger partial charge on any atom is -0.497 e. The molecule has 2 aromatic heterocycles. The van der Waals surface area contributed by atoms with Crippen LogP contribution in [0.15, 0.2) is 48.8 Å². The Morgan fingerprint density at radius 1 is 1.17 bits per heavy atom. The number of nitrogens with zero attached hydrogens (tertiary/aromatic N) is 2. The quantitative estimate of drug-likeness (QED) is 0.684. The van der Waals surface area contributed by atoms with E-state index in [0.717, 1.165) is 22.7 Å². The highest BCUT2D eigenvalue weighted by Crippen LogP contribution is 2.24. The largest absolute Gasteiger partial charge is 0.497 e. The van der Waals surface area contributed by atoms with E-state index < -0.39 is 0 Å². The molecule has 0 bridgehead atoms. The Bertz CT molecular complexity index is 701. The lowest BCUT2D eigenvalue weighted by Crippen LogP contribution is -1.92. The van der Waals surface area contributed by atoms with Crippen molar-refractivity contribution in [3.63, 3.8) is 0 Å². The summed E-state index contributed by atoms with van der Waals surface area (Å²) in [5.41, 5.74) is 3.41. The summed E-state index contributed by atoms with van der Waals surface area (Å²) < 4.78 is 7.29. The standard InChI is InChI=1S/C15H14N2O/c1-11-5-3-4-6-14(11)15-16-10-12-9-13(18-2)7-8-17(12)15/h3-10H,1-2H3. The van der Waals surface area contributed by atoms with Gasteiger partial charge in [-0.15, -0.1) is 0 Å². The van der Waals surface area contributed by atoms with Gasteiger partial charge in [-0.25, -0.2) is 4.98 Å². The van der Waals surface area contributed by atoms with Gasteiger partial charge in [0.15, 0.2) is 0 Å². The number of imidazole rings is 1. The molecular weight excluding hydrogens is 224 g/mol. The van der Waals surface area contributed by atoms with Crippen LogP contribution in [-0.2, 0) is 0 Å². The van der Waals surface area contributed by atoms with Gasteiger partial charge in [0.05, 0.1) is 18.8 Å². The molecule has 0 saturated carbocycles. The van der Waals surface area contributed by atoms with Gasteiger partial charge < -0.3 is 4.74 Å². The van der Waals surface area contributed by atoms with Gasteiger partial charge >= 0.3 is 0 Å². The topological polar surface area (TPSA) is 26.5 Å². The number of hydrogen-bond acceptors (Lipinski definition) is 2. The van der Waals surface area contributed by atoms with E-state index in [-0.39, 0.29) is 0 Å². The summed E-state index contributed by atoms with van der Waals surface area (Å²) in [6, 6.07) is 12.2. The first-order chi connectivity index (χ1) is 8.79. The number of hydrogen-bond donors (Lipinski definition) is 0. The van der Waals surface area contributed by atoms with Crippen molar-refractivity contribution < 1.29 is 4.74 Å². The molecule has 0 N–H and O–H groups in total. The molecule has 0 unspecified atom stereocenters. The number of fused-ring (bicyclic) bond motifs is 1. The Morgan fingerprint density at radius 2 is 2.00 bits per heavy atom. The van der Waals surface area contributed by atoms with Crippen LogP contribution in [0.5, 0.6) is 5.75 Å². The highest BCUT2D eigenvalue weighted by Gasteiger charge is 2.08. The van der Waals surface area contributed by atoms with Gasteiger partial charge in [-0.05, 0) is 18.6 Å². The van der Waals surface area contributed by atoms with Crippen LogP contribution in [0, 0.1) is 6.92 Å². The predicted octanol–water partition coefficient (Wildman–Crippen LogP) is 3.32. The van der Waals surface area contributed by atoms with E-state index in [9.17, 15) is 0 Å². The van der Waals surface area contributed by atoms with Crippen LogP contribution >= 0.6 is 0 Å². The zero-order valence-electron chi connectivity index (χ0n) is 10.4. The summed E-state index contributed by atoms with van der Waals surface area (Å²) in [4.78, 5) is 4.51. The fourth-order valence-corrected chi connectivity index (χ4v) is 2.13. The lowest BCUT2D eigenvalue weighted by atomic mass is 10.1. The van der Waals surface area contributed by atoms with Crippen molar-refractivity contribution in [3.8, 4) is 17.1 Å². The molecule has 2 heterocycles. The molecule has 3 aromatic rings. The number of benzene rings is 1. The molecule has 18 heavy (non-hydrogen) atoms. The Hall–Kier alpha value is -2.29. The molecule has 3 rings (SSSR count). The van der Waals surface area contributed by atoms with E-state index in [0.29, 0.717) is 0 Å². The summed E-state index contributed by atoms with van der Waals surface area (Å²) in [7, 11) is 1.67. The normalized spacial score (nSPS) is 10.8.